The Kier molecular flexibility index (Phi) is 7.75. The second-order valence-electron chi connectivity index (χ2n) is 10.6. The molecule has 0 radical (unpaired) electrons. The summed E-state index contributed by atoms with van der Waals surface area (Å²) in [7, 11) is 0. The Morgan fingerprint density at radius 1 is 1.21 bits per heavy atom. The van der Waals surface area contributed by atoms with Crippen LogP contribution >= 0.6 is 23.1 Å². The number of aryl methyl sites for hydroxylation is 2. The predicted octanol–water partition coefficient (Wildman–Crippen LogP) is 5.84. The Morgan fingerprint density at radius 3 is 2.76 bits per heavy atom. The van der Waals surface area contributed by atoms with Gasteiger partial charge in [-0.25, -0.2) is 4.98 Å². The van der Waals surface area contributed by atoms with Gasteiger partial charge in [-0.15, -0.1) is 11.3 Å². The lowest BCUT2D eigenvalue weighted by Crippen LogP contribution is -2.34. The number of aromatic nitrogens is 2. The van der Waals surface area contributed by atoms with Gasteiger partial charge in [0, 0.05) is 17.3 Å². The molecule has 1 aliphatic rings. The second kappa shape index (κ2) is 11.0. The van der Waals surface area contributed by atoms with E-state index in [1.54, 1.807) is 4.57 Å². The van der Waals surface area contributed by atoms with Crippen molar-refractivity contribution in [2.75, 3.05) is 5.75 Å². The normalized spacial score (nSPS) is 15.3. The number of ether oxygens (including phenoxy) is 1. The van der Waals surface area contributed by atoms with Crippen LogP contribution in [0.1, 0.15) is 48.8 Å². The highest BCUT2D eigenvalue weighted by Crippen LogP contribution is 2.38. The van der Waals surface area contributed by atoms with E-state index in [2.05, 4.69) is 31.3 Å². The molecule has 0 saturated heterocycles. The average Bonchev–Trinajstić information content (AvgIpc) is 3.23. The molecule has 1 aliphatic heterocycles. The Morgan fingerprint density at radius 2 is 2.00 bits per heavy atom. The first-order valence-electron chi connectivity index (χ1n) is 12.9. The van der Waals surface area contributed by atoms with Crippen LogP contribution in [0, 0.1) is 6.92 Å². The molecule has 1 amide bonds. The maximum atomic E-state index is 14.0. The van der Waals surface area contributed by atoms with E-state index in [1.807, 2.05) is 56.3 Å². The number of thioether (sulfide) groups is 1. The minimum atomic E-state index is -0.329. The molecule has 198 valence electrons. The van der Waals surface area contributed by atoms with Gasteiger partial charge in [0.1, 0.15) is 4.83 Å². The largest absolute Gasteiger partial charge is 0.370 e. The molecule has 38 heavy (non-hydrogen) atoms. The van der Waals surface area contributed by atoms with Crippen molar-refractivity contribution in [2.45, 2.75) is 70.4 Å². The van der Waals surface area contributed by atoms with Gasteiger partial charge < -0.3 is 10.1 Å². The van der Waals surface area contributed by atoms with Gasteiger partial charge in [0.15, 0.2) is 5.16 Å². The van der Waals surface area contributed by atoms with E-state index in [0.717, 1.165) is 34.5 Å². The number of hydrogen-bond donors (Lipinski definition) is 1. The fraction of sp³-hybridized carbons (Fsp3) is 0.367. The summed E-state index contributed by atoms with van der Waals surface area (Å²) in [5, 5.41) is 4.30. The monoisotopic (exact) mass is 547 g/mol. The molecule has 3 heterocycles. The lowest BCUT2D eigenvalue weighted by atomic mass is 9.94. The van der Waals surface area contributed by atoms with Crippen molar-refractivity contribution in [3.05, 3.63) is 86.5 Å². The van der Waals surface area contributed by atoms with Crippen LogP contribution in [0.4, 0.5) is 0 Å². The van der Waals surface area contributed by atoms with Gasteiger partial charge >= 0.3 is 0 Å². The van der Waals surface area contributed by atoms with Gasteiger partial charge in [-0.2, -0.15) is 0 Å². The number of thiophene rings is 1. The molecular weight excluding hydrogens is 514 g/mol. The summed E-state index contributed by atoms with van der Waals surface area (Å²) in [5.74, 6) is 0.113. The number of hydrogen-bond acceptors (Lipinski definition) is 6. The number of carbonyl (C=O) groups is 1. The summed E-state index contributed by atoms with van der Waals surface area (Å²) in [6.45, 7) is 8.62. The molecule has 6 nitrogen and oxygen atoms in total. The smallest absolute Gasteiger partial charge is 0.267 e. The average molecular weight is 548 g/mol. The highest BCUT2D eigenvalue weighted by Gasteiger charge is 2.31. The fourth-order valence-corrected chi connectivity index (χ4v) is 6.78. The number of carbonyl (C=O) groups excluding carboxylic acids is 1. The van der Waals surface area contributed by atoms with Crippen molar-refractivity contribution in [3.63, 3.8) is 0 Å². The van der Waals surface area contributed by atoms with Crippen LogP contribution in [-0.2, 0) is 29.0 Å². The first-order valence-corrected chi connectivity index (χ1v) is 14.7. The Balaban J connectivity index is 1.40. The summed E-state index contributed by atoms with van der Waals surface area (Å²) in [5.41, 5.74) is 3.70. The Labute approximate surface area is 231 Å². The quantitative estimate of drug-likeness (QED) is 0.222. The van der Waals surface area contributed by atoms with Crippen LogP contribution < -0.4 is 10.9 Å². The van der Waals surface area contributed by atoms with Crippen LogP contribution in [0.25, 0.3) is 15.9 Å². The minimum Gasteiger partial charge on any atom is -0.370 e. The van der Waals surface area contributed by atoms with E-state index in [0.29, 0.717) is 28.4 Å². The molecule has 0 aliphatic carbocycles. The van der Waals surface area contributed by atoms with Crippen molar-refractivity contribution >= 4 is 39.2 Å². The molecule has 5 rings (SSSR count). The number of nitrogens with zero attached hydrogens (tertiary/aromatic N) is 2. The molecule has 1 unspecified atom stereocenters. The number of rotatable bonds is 8. The first kappa shape index (κ1) is 26.7. The third kappa shape index (κ3) is 5.87. The SMILES string of the molecule is Cc1cccc(-n2c(SCC(=O)NC(C)CCc3ccccc3)nc3sc4c(c3c2=O)CC(C)(C)OC4)c1. The topological polar surface area (TPSA) is 73.2 Å². The van der Waals surface area contributed by atoms with E-state index in [1.165, 1.54) is 28.7 Å². The van der Waals surface area contributed by atoms with Gasteiger partial charge in [0.25, 0.3) is 5.56 Å². The van der Waals surface area contributed by atoms with Crippen molar-refractivity contribution in [3.8, 4) is 5.69 Å². The van der Waals surface area contributed by atoms with Crippen molar-refractivity contribution in [2.24, 2.45) is 0 Å². The lowest BCUT2D eigenvalue weighted by molar-refractivity contribution is -0.119. The predicted molar refractivity (Wildman–Crippen MR) is 156 cm³/mol. The summed E-state index contributed by atoms with van der Waals surface area (Å²) in [6, 6.07) is 18.2. The van der Waals surface area contributed by atoms with Gasteiger partial charge in [-0.3, -0.25) is 14.2 Å². The molecule has 0 bridgehead atoms. The minimum absolute atomic E-state index is 0.0464. The van der Waals surface area contributed by atoms with E-state index in [-0.39, 0.29) is 28.9 Å². The second-order valence-corrected chi connectivity index (χ2v) is 12.6. The number of nitrogens with one attached hydrogen (secondary N) is 1. The Hall–Kier alpha value is -2.94. The molecule has 1 atom stereocenters. The maximum absolute atomic E-state index is 14.0. The van der Waals surface area contributed by atoms with Crippen molar-refractivity contribution in [1.82, 2.24) is 14.9 Å². The van der Waals surface area contributed by atoms with Crippen LogP contribution in [0.15, 0.2) is 64.5 Å². The highest BCUT2D eigenvalue weighted by atomic mass is 32.2. The molecule has 8 heteroatoms. The molecule has 1 N–H and O–H groups in total. The molecule has 2 aromatic heterocycles. The van der Waals surface area contributed by atoms with E-state index in [9.17, 15) is 9.59 Å². The van der Waals surface area contributed by atoms with Gasteiger partial charge in [0.05, 0.1) is 29.0 Å². The summed E-state index contributed by atoms with van der Waals surface area (Å²) in [6.07, 6.45) is 2.44. The van der Waals surface area contributed by atoms with Gasteiger partial charge in [0.2, 0.25) is 5.91 Å². The molecule has 2 aromatic carbocycles. The van der Waals surface area contributed by atoms with Crippen molar-refractivity contribution < 1.29 is 9.53 Å². The zero-order valence-electron chi connectivity index (χ0n) is 22.2. The van der Waals surface area contributed by atoms with Crippen LogP contribution in [0.3, 0.4) is 0 Å². The van der Waals surface area contributed by atoms with E-state index >= 15 is 0 Å². The maximum Gasteiger partial charge on any atom is 0.267 e. The zero-order valence-corrected chi connectivity index (χ0v) is 23.9. The molecular formula is C30H33N3O3S2. The number of amides is 1. The third-order valence-electron chi connectivity index (χ3n) is 6.78. The van der Waals surface area contributed by atoms with Gasteiger partial charge in [-0.1, -0.05) is 54.2 Å². The highest BCUT2D eigenvalue weighted by molar-refractivity contribution is 7.99. The van der Waals surface area contributed by atoms with Crippen molar-refractivity contribution in [1.29, 1.82) is 0 Å². The van der Waals surface area contributed by atoms with Crippen LogP contribution in [-0.4, -0.2) is 32.9 Å². The fourth-order valence-electron chi connectivity index (χ4n) is 4.81. The summed E-state index contributed by atoms with van der Waals surface area (Å²) in [4.78, 5) is 33.6. The zero-order chi connectivity index (χ0) is 26.9. The standard InChI is InChI=1S/C30H33N3O3S2/c1-19-9-8-12-22(15-19)33-28(35)26-23-16-30(3,4)36-17-24(23)38-27(26)32-29(33)37-18-25(34)31-20(2)13-14-21-10-6-5-7-11-21/h5-12,15,20H,13-14,16-18H2,1-4H3,(H,31,34). The van der Waals surface area contributed by atoms with Gasteiger partial charge in [-0.05, 0) is 69.4 Å². The molecule has 0 spiro atoms. The van der Waals surface area contributed by atoms with E-state index < -0.39 is 0 Å². The molecule has 0 fully saturated rings. The lowest BCUT2D eigenvalue weighted by Gasteiger charge is -2.29. The number of benzene rings is 2. The van der Waals surface area contributed by atoms with E-state index in [4.69, 9.17) is 9.72 Å². The Bertz CT molecular complexity index is 1530. The third-order valence-corrected chi connectivity index (χ3v) is 8.82. The summed E-state index contributed by atoms with van der Waals surface area (Å²) < 4.78 is 7.67. The molecule has 0 saturated carbocycles. The van der Waals surface area contributed by atoms with Crippen LogP contribution in [0.5, 0.6) is 0 Å². The van der Waals surface area contributed by atoms with Crippen LogP contribution in [0.2, 0.25) is 0 Å². The number of fused-ring (bicyclic) bond motifs is 3. The summed E-state index contributed by atoms with van der Waals surface area (Å²) >= 11 is 2.82. The first-order chi connectivity index (χ1) is 18.2. The molecule has 4 aromatic rings.